The number of ether oxygens (including phenoxy) is 2. The van der Waals surface area contributed by atoms with Gasteiger partial charge in [-0.2, -0.15) is 0 Å². The van der Waals surface area contributed by atoms with Crippen LogP contribution in [0.3, 0.4) is 0 Å². The highest BCUT2D eigenvalue weighted by Gasteiger charge is 2.31. The van der Waals surface area contributed by atoms with Gasteiger partial charge in [-0.15, -0.1) is 0 Å². The number of carboxylic acid groups (broad SMARTS) is 1. The molecule has 0 spiro atoms. The van der Waals surface area contributed by atoms with Crippen molar-refractivity contribution in [3.05, 3.63) is 58.0 Å². The highest BCUT2D eigenvalue weighted by Crippen LogP contribution is 2.38. The Bertz CT molecular complexity index is 1090. The lowest BCUT2D eigenvalue weighted by Crippen LogP contribution is -2.23. The Hall–Kier alpha value is -3.26. The average Bonchev–Trinajstić information content (AvgIpc) is 2.98. The van der Waals surface area contributed by atoms with Gasteiger partial charge in [-0.1, -0.05) is 18.2 Å². The number of aromatic carboxylic acids is 1. The van der Waals surface area contributed by atoms with Gasteiger partial charge >= 0.3 is 5.97 Å². The number of carboxylic acids is 1. The van der Waals surface area contributed by atoms with Crippen molar-refractivity contribution in [3.8, 4) is 11.5 Å². The van der Waals surface area contributed by atoms with E-state index in [-0.39, 0.29) is 17.6 Å². The molecule has 1 heterocycles. The minimum atomic E-state index is -1.01. The van der Waals surface area contributed by atoms with Crippen molar-refractivity contribution >= 4 is 40.6 Å². The smallest absolute Gasteiger partial charge is 0.336 e. The molecule has 7 nitrogen and oxygen atoms in total. The van der Waals surface area contributed by atoms with Crippen molar-refractivity contribution in [1.82, 2.24) is 4.90 Å². The van der Waals surface area contributed by atoms with Gasteiger partial charge in [-0.05, 0) is 62.4 Å². The number of amides is 1. The number of para-hydroxylation sites is 1. The number of methoxy groups -OCH3 is 1. The molecule has 162 valence electrons. The number of hydrogen-bond donors (Lipinski definition) is 1. The van der Waals surface area contributed by atoms with Gasteiger partial charge in [-0.3, -0.25) is 9.69 Å². The van der Waals surface area contributed by atoms with E-state index in [1.165, 1.54) is 22.7 Å². The highest BCUT2D eigenvalue weighted by molar-refractivity contribution is 8.18. The zero-order valence-corrected chi connectivity index (χ0v) is 18.8. The van der Waals surface area contributed by atoms with Crippen LogP contribution in [0.5, 0.6) is 11.5 Å². The summed E-state index contributed by atoms with van der Waals surface area (Å²) < 4.78 is 11.3. The molecule has 1 N–H and O–H groups in total. The lowest BCUT2D eigenvalue weighted by atomic mass is 10.1. The fourth-order valence-corrected chi connectivity index (χ4v) is 4.01. The second-order valence-electron chi connectivity index (χ2n) is 7.17. The quantitative estimate of drug-likeness (QED) is 0.654. The van der Waals surface area contributed by atoms with Crippen LogP contribution in [0.25, 0.3) is 6.08 Å². The van der Waals surface area contributed by atoms with Crippen LogP contribution >= 0.6 is 11.8 Å². The van der Waals surface area contributed by atoms with Crippen LogP contribution in [0.4, 0.5) is 5.69 Å². The Balaban J connectivity index is 2.00. The van der Waals surface area contributed by atoms with E-state index in [9.17, 15) is 14.7 Å². The number of likely N-dealkylation sites (N-methyl/N-ethyl adjacent to an activating group) is 1. The maximum Gasteiger partial charge on any atom is 0.336 e. The Labute approximate surface area is 185 Å². The first-order chi connectivity index (χ1) is 14.7. The van der Waals surface area contributed by atoms with Gasteiger partial charge in [0.15, 0.2) is 16.7 Å². The molecule has 3 rings (SSSR count). The number of amidine groups is 1. The molecule has 31 heavy (non-hydrogen) atoms. The van der Waals surface area contributed by atoms with Crippen LogP contribution in [0.1, 0.15) is 35.3 Å². The molecule has 2 aromatic rings. The van der Waals surface area contributed by atoms with Crippen LogP contribution in [0.2, 0.25) is 0 Å². The number of thioether (sulfide) groups is 1. The molecule has 1 aliphatic rings. The fraction of sp³-hybridized carbons (Fsp3) is 0.261. The summed E-state index contributed by atoms with van der Waals surface area (Å²) in [6, 6.07) is 10.4. The molecule has 8 heteroatoms. The van der Waals surface area contributed by atoms with Crippen LogP contribution in [-0.4, -0.2) is 47.3 Å². The van der Waals surface area contributed by atoms with E-state index in [2.05, 4.69) is 4.99 Å². The van der Waals surface area contributed by atoms with E-state index in [1.807, 2.05) is 26.0 Å². The maximum atomic E-state index is 12.8. The molecule has 1 amide bonds. The number of hydrogen-bond acceptors (Lipinski definition) is 6. The molecule has 0 radical (unpaired) electrons. The van der Waals surface area contributed by atoms with Gasteiger partial charge in [-0.25, -0.2) is 9.79 Å². The summed E-state index contributed by atoms with van der Waals surface area (Å²) in [6.45, 7) is 5.54. The molecular weight excluding hydrogens is 416 g/mol. The second kappa shape index (κ2) is 9.26. The number of carbonyl (C=O) groups is 2. The van der Waals surface area contributed by atoms with Gasteiger partial charge in [0.2, 0.25) is 0 Å². The lowest BCUT2D eigenvalue weighted by Gasteiger charge is -2.16. The number of carbonyl (C=O) groups excluding carboxylic acids is 1. The Morgan fingerprint density at radius 2 is 1.94 bits per heavy atom. The molecule has 0 unspecified atom stereocenters. The van der Waals surface area contributed by atoms with Crippen molar-refractivity contribution in [3.63, 3.8) is 0 Å². The van der Waals surface area contributed by atoms with E-state index in [1.54, 1.807) is 45.4 Å². The minimum absolute atomic E-state index is 0.0651. The summed E-state index contributed by atoms with van der Waals surface area (Å²) in [6.07, 6.45) is 1.69. The summed E-state index contributed by atoms with van der Waals surface area (Å²) >= 11 is 1.22. The first-order valence-corrected chi connectivity index (χ1v) is 10.5. The van der Waals surface area contributed by atoms with Gasteiger partial charge in [0, 0.05) is 12.6 Å². The molecule has 0 aromatic heterocycles. The van der Waals surface area contributed by atoms with E-state index in [0.29, 0.717) is 32.8 Å². The van der Waals surface area contributed by atoms with E-state index in [0.717, 1.165) is 5.56 Å². The van der Waals surface area contributed by atoms with E-state index >= 15 is 0 Å². The summed E-state index contributed by atoms with van der Waals surface area (Å²) in [5.74, 6) is -0.0609. The van der Waals surface area contributed by atoms with Crippen LogP contribution in [0.15, 0.2) is 46.3 Å². The van der Waals surface area contributed by atoms with Gasteiger partial charge < -0.3 is 14.6 Å². The summed E-state index contributed by atoms with van der Waals surface area (Å²) in [7, 11) is 3.21. The first kappa shape index (κ1) is 22.4. The Morgan fingerprint density at radius 1 is 1.23 bits per heavy atom. The summed E-state index contributed by atoms with van der Waals surface area (Å²) in [4.78, 5) is 30.7. The van der Waals surface area contributed by atoms with E-state index in [4.69, 9.17) is 9.47 Å². The zero-order valence-electron chi connectivity index (χ0n) is 18.0. The van der Waals surface area contributed by atoms with Crippen molar-refractivity contribution in [1.29, 1.82) is 0 Å². The topological polar surface area (TPSA) is 88.4 Å². The average molecular weight is 441 g/mol. The Kier molecular flexibility index (Phi) is 6.70. The van der Waals surface area contributed by atoms with Crippen molar-refractivity contribution in [2.75, 3.05) is 14.2 Å². The zero-order chi connectivity index (χ0) is 22.7. The monoisotopic (exact) mass is 440 g/mol. The molecular formula is C23H24N2O5S. The molecule has 2 aromatic carbocycles. The maximum absolute atomic E-state index is 12.8. The molecule has 0 aliphatic carbocycles. The predicted molar refractivity (Wildman–Crippen MR) is 122 cm³/mol. The summed E-state index contributed by atoms with van der Waals surface area (Å²) in [5, 5.41) is 9.80. The van der Waals surface area contributed by atoms with Crippen molar-refractivity contribution in [2.24, 2.45) is 4.99 Å². The normalized spacial score (nSPS) is 16.5. The number of aliphatic imine (C=N–C) groups is 1. The number of benzene rings is 2. The Morgan fingerprint density at radius 3 is 2.58 bits per heavy atom. The van der Waals surface area contributed by atoms with E-state index < -0.39 is 5.97 Å². The SMILES string of the molecule is COc1cccc(/C=C2\SC(=Nc3cccc(C(=O)O)c3C)N(C)C2=O)c1OC(C)C. The van der Waals surface area contributed by atoms with Gasteiger partial charge in [0.05, 0.1) is 29.4 Å². The highest BCUT2D eigenvalue weighted by atomic mass is 32.2. The second-order valence-corrected chi connectivity index (χ2v) is 8.18. The number of rotatable bonds is 6. The first-order valence-electron chi connectivity index (χ1n) is 9.65. The van der Waals surface area contributed by atoms with Crippen molar-refractivity contribution < 1.29 is 24.2 Å². The third-order valence-electron chi connectivity index (χ3n) is 4.62. The van der Waals surface area contributed by atoms with Crippen LogP contribution < -0.4 is 9.47 Å². The fourth-order valence-electron chi connectivity index (χ4n) is 3.04. The summed E-state index contributed by atoms with van der Waals surface area (Å²) in [5.41, 5.74) is 1.96. The molecule has 1 aliphatic heterocycles. The van der Waals surface area contributed by atoms with Crippen LogP contribution in [-0.2, 0) is 4.79 Å². The molecule has 0 atom stereocenters. The molecule has 1 fully saturated rings. The number of nitrogens with zero attached hydrogens (tertiary/aromatic N) is 2. The molecule has 0 bridgehead atoms. The van der Waals surface area contributed by atoms with Gasteiger partial charge in [0.1, 0.15) is 0 Å². The predicted octanol–water partition coefficient (Wildman–Crippen LogP) is 4.72. The van der Waals surface area contributed by atoms with Gasteiger partial charge in [0.25, 0.3) is 5.91 Å². The van der Waals surface area contributed by atoms with Crippen molar-refractivity contribution in [2.45, 2.75) is 26.9 Å². The minimum Gasteiger partial charge on any atom is -0.493 e. The standard InChI is InChI=1S/C23H24N2O5S/c1-13(2)30-20-15(8-6-11-18(20)29-5)12-19-21(26)25(4)23(31-19)24-17-10-7-9-16(14(17)3)22(27)28/h6-13H,1-5H3,(H,27,28)/b19-12-,24-23?. The lowest BCUT2D eigenvalue weighted by molar-refractivity contribution is -0.121. The molecule has 0 saturated carbocycles. The molecule has 1 saturated heterocycles. The third kappa shape index (κ3) is 4.74. The largest absolute Gasteiger partial charge is 0.493 e. The van der Waals surface area contributed by atoms with Crippen LogP contribution in [0, 0.1) is 6.92 Å². The third-order valence-corrected chi connectivity index (χ3v) is 5.68.